The first-order chi connectivity index (χ1) is 14.4. The van der Waals surface area contributed by atoms with Gasteiger partial charge in [-0.3, -0.25) is 14.4 Å². The first-order valence-corrected chi connectivity index (χ1v) is 10.5. The monoisotopic (exact) mass is 410 g/mol. The second-order valence-corrected chi connectivity index (χ2v) is 8.00. The van der Waals surface area contributed by atoms with Gasteiger partial charge in [-0.15, -0.1) is 0 Å². The third-order valence-corrected chi connectivity index (χ3v) is 5.54. The summed E-state index contributed by atoms with van der Waals surface area (Å²) in [5.74, 6) is -0.671. The lowest BCUT2D eigenvalue weighted by molar-refractivity contribution is -0.123. The van der Waals surface area contributed by atoms with Crippen molar-refractivity contribution >= 4 is 11.8 Å². The summed E-state index contributed by atoms with van der Waals surface area (Å²) in [5.41, 5.74) is 7.42. The Morgan fingerprint density at radius 3 is 2.83 bits per heavy atom. The summed E-state index contributed by atoms with van der Waals surface area (Å²) in [6.45, 7) is 5.33. The van der Waals surface area contributed by atoms with E-state index in [1.54, 1.807) is 22.9 Å². The predicted octanol–water partition coefficient (Wildman–Crippen LogP) is 1.52. The average Bonchev–Trinajstić information content (AvgIpc) is 2.73. The van der Waals surface area contributed by atoms with E-state index in [-0.39, 0.29) is 28.9 Å². The van der Waals surface area contributed by atoms with Crippen molar-refractivity contribution in [2.45, 2.75) is 32.7 Å². The number of nitrogens with one attached hydrogen (secondary N) is 1. The Labute approximate surface area is 176 Å². The normalized spacial score (nSPS) is 16.9. The Balaban J connectivity index is 1.52. The first-order valence-electron chi connectivity index (χ1n) is 10.5. The van der Waals surface area contributed by atoms with Crippen LogP contribution in [0.2, 0.25) is 0 Å². The topological polar surface area (TPSA) is 97.4 Å². The number of pyridine rings is 1. The molecule has 7 heteroatoms. The maximum Gasteiger partial charge on any atom is 0.263 e. The predicted molar refractivity (Wildman–Crippen MR) is 116 cm³/mol. The van der Waals surface area contributed by atoms with E-state index < -0.39 is 0 Å². The highest BCUT2D eigenvalue weighted by atomic mass is 16.2. The van der Waals surface area contributed by atoms with Crippen LogP contribution in [-0.2, 0) is 11.3 Å². The highest BCUT2D eigenvalue weighted by Gasteiger charge is 2.23. The number of aromatic nitrogens is 1. The van der Waals surface area contributed by atoms with Gasteiger partial charge in [-0.25, -0.2) is 0 Å². The highest BCUT2D eigenvalue weighted by Crippen LogP contribution is 2.15. The van der Waals surface area contributed by atoms with Crippen LogP contribution in [0.3, 0.4) is 0 Å². The molecule has 3 rings (SSSR count). The van der Waals surface area contributed by atoms with E-state index in [2.05, 4.69) is 10.2 Å². The number of hydrogen-bond donors (Lipinski definition) is 2. The van der Waals surface area contributed by atoms with Crippen molar-refractivity contribution in [3.05, 3.63) is 69.6 Å². The number of nitrogens with two attached hydrogens (primary N) is 1. The molecule has 1 atom stereocenters. The molecule has 160 valence electrons. The molecule has 30 heavy (non-hydrogen) atoms. The van der Waals surface area contributed by atoms with Crippen LogP contribution < -0.4 is 16.6 Å². The largest absolute Gasteiger partial charge is 0.369 e. The third-order valence-electron chi connectivity index (χ3n) is 5.54. The van der Waals surface area contributed by atoms with E-state index in [4.69, 9.17) is 5.73 Å². The molecule has 1 saturated heterocycles. The Hall–Kier alpha value is -2.93. The number of hydrogen-bond acceptors (Lipinski definition) is 4. The van der Waals surface area contributed by atoms with Crippen LogP contribution in [0.1, 0.15) is 40.7 Å². The van der Waals surface area contributed by atoms with E-state index in [1.807, 2.05) is 31.2 Å². The molecule has 1 aliphatic rings. The summed E-state index contributed by atoms with van der Waals surface area (Å²) < 4.78 is 1.56. The lowest BCUT2D eigenvalue weighted by atomic mass is 9.97. The molecule has 1 aromatic carbocycles. The van der Waals surface area contributed by atoms with Gasteiger partial charge < -0.3 is 20.5 Å². The standard InChI is InChI=1S/C23H30N4O3/c1-17-6-2-7-18(14-17)15-27-13-4-9-20(23(27)30)22(29)25-10-5-12-26-11-3-8-19(16-26)21(24)28/h2,4,6-7,9,13-14,19H,3,5,8,10-12,15-16H2,1H3,(H2,24,28)(H,25,29). The third kappa shape index (κ3) is 5.79. The van der Waals surface area contributed by atoms with Crippen molar-refractivity contribution < 1.29 is 9.59 Å². The van der Waals surface area contributed by atoms with E-state index in [9.17, 15) is 14.4 Å². The van der Waals surface area contributed by atoms with Gasteiger partial charge in [0.15, 0.2) is 0 Å². The zero-order chi connectivity index (χ0) is 21.5. The van der Waals surface area contributed by atoms with E-state index in [0.717, 1.165) is 43.5 Å². The molecule has 2 aromatic rings. The number of amides is 2. The fourth-order valence-electron chi connectivity index (χ4n) is 3.93. The molecule has 0 bridgehead atoms. The maximum atomic E-state index is 12.7. The lowest BCUT2D eigenvalue weighted by Gasteiger charge is -2.31. The molecule has 7 nitrogen and oxygen atoms in total. The Kier molecular flexibility index (Phi) is 7.41. The zero-order valence-electron chi connectivity index (χ0n) is 17.5. The summed E-state index contributed by atoms with van der Waals surface area (Å²) in [6, 6.07) is 11.3. The van der Waals surface area contributed by atoms with Gasteiger partial charge in [-0.1, -0.05) is 29.8 Å². The van der Waals surface area contributed by atoms with Gasteiger partial charge in [0.2, 0.25) is 5.91 Å². The number of carbonyl (C=O) groups is 2. The van der Waals surface area contributed by atoms with Gasteiger partial charge in [-0.05, 0) is 57.0 Å². The van der Waals surface area contributed by atoms with E-state index in [0.29, 0.717) is 19.6 Å². The van der Waals surface area contributed by atoms with Crippen LogP contribution in [0.4, 0.5) is 0 Å². The molecule has 1 fully saturated rings. The van der Waals surface area contributed by atoms with Crippen LogP contribution in [0.15, 0.2) is 47.4 Å². The van der Waals surface area contributed by atoms with Crippen LogP contribution in [-0.4, -0.2) is 47.5 Å². The van der Waals surface area contributed by atoms with Gasteiger partial charge in [0, 0.05) is 19.3 Å². The summed E-state index contributed by atoms with van der Waals surface area (Å²) >= 11 is 0. The number of rotatable bonds is 8. The Morgan fingerprint density at radius 2 is 2.07 bits per heavy atom. The van der Waals surface area contributed by atoms with Crippen LogP contribution in [0, 0.1) is 12.8 Å². The molecule has 3 N–H and O–H groups in total. The van der Waals surface area contributed by atoms with Gasteiger partial charge in [-0.2, -0.15) is 0 Å². The molecular weight excluding hydrogens is 380 g/mol. The van der Waals surface area contributed by atoms with Gasteiger partial charge in [0.05, 0.1) is 12.5 Å². The number of aryl methyl sites for hydroxylation is 1. The number of nitrogens with zero attached hydrogens (tertiary/aromatic N) is 2. The SMILES string of the molecule is Cc1cccc(Cn2cccc(C(=O)NCCCN3CCCC(C(N)=O)C3)c2=O)c1. The molecule has 0 radical (unpaired) electrons. The molecule has 0 saturated carbocycles. The molecule has 1 aliphatic heterocycles. The minimum Gasteiger partial charge on any atom is -0.369 e. The smallest absolute Gasteiger partial charge is 0.263 e. The second-order valence-electron chi connectivity index (χ2n) is 8.00. The summed E-state index contributed by atoms with van der Waals surface area (Å²) in [6.07, 6.45) is 4.27. The van der Waals surface area contributed by atoms with Crippen LogP contribution in [0.5, 0.6) is 0 Å². The molecule has 0 aliphatic carbocycles. The quantitative estimate of drug-likeness (QED) is 0.645. The van der Waals surface area contributed by atoms with Crippen LogP contribution in [0.25, 0.3) is 0 Å². The molecular formula is C23H30N4O3. The average molecular weight is 411 g/mol. The van der Waals surface area contributed by atoms with E-state index in [1.165, 1.54) is 0 Å². The first kappa shape index (κ1) is 21.8. The molecule has 1 unspecified atom stereocenters. The molecule has 2 amide bonds. The van der Waals surface area contributed by atoms with Crippen molar-refractivity contribution in [2.24, 2.45) is 11.7 Å². The summed E-state index contributed by atoms with van der Waals surface area (Å²) in [5, 5.41) is 2.84. The van der Waals surface area contributed by atoms with E-state index >= 15 is 0 Å². The minimum absolute atomic E-state index is 0.0791. The number of primary amides is 1. The Bertz CT molecular complexity index is 953. The fraction of sp³-hybridized carbons (Fsp3) is 0.435. The van der Waals surface area contributed by atoms with Crippen molar-refractivity contribution in [1.82, 2.24) is 14.8 Å². The summed E-state index contributed by atoms with van der Waals surface area (Å²) in [7, 11) is 0. The molecule has 1 aromatic heterocycles. The maximum absolute atomic E-state index is 12.7. The van der Waals surface area contributed by atoms with Crippen molar-refractivity contribution in [3.63, 3.8) is 0 Å². The second kappa shape index (κ2) is 10.2. The number of likely N-dealkylation sites (tertiary alicyclic amines) is 1. The number of carbonyl (C=O) groups excluding carboxylic acids is 2. The van der Waals surface area contributed by atoms with Gasteiger partial charge in [0.25, 0.3) is 11.5 Å². The van der Waals surface area contributed by atoms with Crippen molar-refractivity contribution in [2.75, 3.05) is 26.2 Å². The zero-order valence-corrected chi connectivity index (χ0v) is 17.5. The van der Waals surface area contributed by atoms with Gasteiger partial charge >= 0.3 is 0 Å². The Morgan fingerprint density at radius 1 is 1.23 bits per heavy atom. The molecule has 2 heterocycles. The number of piperidine rings is 1. The number of benzene rings is 1. The summed E-state index contributed by atoms with van der Waals surface area (Å²) in [4.78, 5) is 38.8. The lowest BCUT2D eigenvalue weighted by Crippen LogP contribution is -2.42. The molecule has 0 spiro atoms. The van der Waals surface area contributed by atoms with Crippen molar-refractivity contribution in [3.8, 4) is 0 Å². The van der Waals surface area contributed by atoms with Crippen LogP contribution >= 0.6 is 0 Å². The van der Waals surface area contributed by atoms with Gasteiger partial charge in [0.1, 0.15) is 5.56 Å². The fourth-order valence-corrected chi connectivity index (χ4v) is 3.93. The minimum atomic E-state index is -0.354. The van der Waals surface area contributed by atoms with Crippen molar-refractivity contribution in [1.29, 1.82) is 0 Å². The highest BCUT2D eigenvalue weighted by molar-refractivity contribution is 5.93.